The molecule has 0 atom stereocenters. The summed E-state index contributed by atoms with van der Waals surface area (Å²) < 4.78 is 2.18. The van der Waals surface area contributed by atoms with E-state index in [1.807, 2.05) is 42.5 Å². The van der Waals surface area contributed by atoms with E-state index in [-0.39, 0.29) is 0 Å². The van der Waals surface area contributed by atoms with Gasteiger partial charge in [-0.15, -0.1) is 0 Å². The van der Waals surface area contributed by atoms with Crippen molar-refractivity contribution in [1.82, 2.24) is 9.55 Å². The Morgan fingerprint density at radius 3 is 2.81 bits per heavy atom. The summed E-state index contributed by atoms with van der Waals surface area (Å²) in [7, 11) is 0. The quantitative estimate of drug-likeness (QED) is 0.706. The summed E-state index contributed by atoms with van der Waals surface area (Å²) in [4.78, 5) is 4.70. The average molecular weight is 296 g/mol. The van der Waals surface area contributed by atoms with Crippen molar-refractivity contribution in [2.75, 3.05) is 0 Å². The lowest BCUT2D eigenvalue weighted by molar-refractivity contribution is 0.704. The van der Waals surface area contributed by atoms with Crippen molar-refractivity contribution in [3.63, 3.8) is 0 Å². The highest BCUT2D eigenvalue weighted by molar-refractivity contribution is 6.30. The van der Waals surface area contributed by atoms with Crippen LogP contribution in [0.3, 0.4) is 0 Å². The third-order valence-corrected chi connectivity index (χ3v) is 3.64. The SMILES string of the molecule is CCCn1c(-c2cccc(Cl)c2)nc2cc(C#N)ccc21. The predicted molar refractivity (Wildman–Crippen MR) is 85.2 cm³/mol. The maximum absolute atomic E-state index is 9.03. The minimum Gasteiger partial charge on any atom is -0.324 e. The second-order valence-electron chi connectivity index (χ2n) is 4.91. The Balaban J connectivity index is 2.26. The van der Waals surface area contributed by atoms with Crippen LogP contribution in [0.2, 0.25) is 5.02 Å². The molecule has 0 spiro atoms. The highest BCUT2D eigenvalue weighted by Crippen LogP contribution is 2.27. The van der Waals surface area contributed by atoms with Crippen LogP contribution >= 0.6 is 11.6 Å². The van der Waals surface area contributed by atoms with Gasteiger partial charge in [-0.25, -0.2) is 4.98 Å². The zero-order valence-electron chi connectivity index (χ0n) is 11.7. The first kappa shape index (κ1) is 13.7. The van der Waals surface area contributed by atoms with Crippen molar-refractivity contribution in [3.05, 3.63) is 53.1 Å². The Hall–Kier alpha value is -2.31. The lowest BCUT2D eigenvalue weighted by Gasteiger charge is -2.08. The van der Waals surface area contributed by atoms with Crippen molar-refractivity contribution < 1.29 is 0 Å². The summed E-state index contributed by atoms with van der Waals surface area (Å²) in [6.45, 7) is 3.02. The van der Waals surface area contributed by atoms with Crippen LogP contribution in [0.4, 0.5) is 0 Å². The van der Waals surface area contributed by atoms with E-state index in [9.17, 15) is 0 Å². The molecule has 0 aliphatic rings. The van der Waals surface area contributed by atoms with Gasteiger partial charge in [0.05, 0.1) is 22.7 Å². The predicted octanol–water partition coefficient (Wildman–Crippen LogP) is 4.64. The Bertz CT molecular complexity index is 843. The van der Waals surface area contributed by atoms with Crippen LogP contribution in [0.25, 0.3) is 22.4 Å². The van der Waals surface area contributed by atoms with E-state index in [0.717, 1.165) is 35.4 Å². The lowest BCUT2D eigenvalue weighted by atomic mass is 10.2. The number of hydrogen-bond donors (Lipinski definition) is 0. The van der Waals surface area contributed by atoms with Crippen LogP contribution in [-0.4, -0.2) is 9.55 Å². The molecule has 1 heterocycles. The van der Waals surface area contributed by atoms with Gasteiger partial charge < -0.3 is 4.57 Å². The number of fused-ring (bicyclic) bond motifs is 1. The van der Waals surface area contributed by atoms with Gasteiger partial charge in [-0.05, 0) is 36.8 Å². The van der Waals surface area contributed by atoms with Crippen LogP contribution in [0, 0.1) is 11.3 Å². The second kappa shape index (κ2) is 5.59. The third kappa shape index (κ3) is 2.51. The smallest absolute Gasteiger partial charge is 0.141 e. The first-order chi connectivity index (χ1) is 10.2. The second-order valence-corrected chi connectivity index (χ2v) is 5.35. The van der Waals surface area contributed by atoms with Gasteiger partial charge in [0.15, 0.2) is 0 Å². The molecule has 0 unspecified atom stereocenters. The van der Waals surface area contributed by atoms with E-state index in [1.165, 1.54) is 0 Å². The van der Waals surface area contributed by atoms with Crippen LogP contribution < -0.4 is 0 Å². The van der Waals surface area contributed by atoms with Crippen LogP contribution in [0.1, 0.15) is 18.9 Å². The van der Waals surface area contributed by atoms with Crippen molar-refractivity contribution in [2.24, 2.45) is 0 Å². The van der Waals surface area contributed by atoms with E-state index < -0.39 is 0 Å². The van der Waals surface area contributed by atoms with E-state index in [4.69, 9.17) is 21.8 Å². The molecule has 1 aromatic heterocycles. The number of nitrogens with zero attached hydrogens (tertiary/aromatic N) is 3. The minimum absolute atomic E-state index is 0.626. The number of benzene rings is 2. The van der Waals surface area contributed by atoms with E-state index >= 15 is 0 Å². The summed E-state index contributed by atoms with van der Waals surface area (Å²) in [5.41, 5.74) is 3.51. The number of aryl methyl sites for hydroxylation is 1. The summed E-state index contributed by atoms with van der Waals surface area (Å²) in [6.07, 6.45) is 1.01. The first-order valence-corrected chi connectivity index (χ1v) is 7.27. The standard InChI is InChI=1S/C17H14ClN3/c1-2-8-21-16-7-6-12(11-19)9-15(16)20-17(21)13-4-3-5-14(18)10-13/h3-7,9-10H,2,8H2,1H3. The number of rotatable bonds is 3. The van der Waals surface area contributed by atoms with Gasteiger partial charge >= 0.3 is 0 Å². The van der Waals surface area contributed by atoms with Gasteiger partial charge in [0.25, 0.3) is 0 Å². The molecule has 21 heavy (non-hydrogen) atoms. The zero-order valence-corrected chi connectivity index (χ0v) is 12.4. The maximum atomic E-state index is 9.03. The highest BCUT2D eigenvalue weighted by Gasteiger charge is 2.12. The fraction of sp³-hybridized carbons (Fsp3) is 0.176. The molecule has 0 N–H and O–H groups in total. The molecule has 0 bridgehead atoms. The van der Waals surface area contributed by atoms with Crippen molar-refractivity contribution in [1.29, 1.82) is 5.26 Å². The maximum Gasteiger partial charge on any atom is 0.141 e. The summed E-state index contributed by atoms with van der Waals surface area (Å²) >= 11 is 6.09. The molecule has 3 nitrogen and oxygen atoms in total. The molecule has 0 amide bonds. The van der Waals surface area contributed by atoms with Gasteiger partial charge in [0.1, 0.15) is 5.82 Å². The Morgan fingerprint density at radius 1 is 1.24 bits per heavy atom. The van der Waals surface area contributed by atoms with Gasteiger partial charge in [0, 0.05) is 17.1 Å². The number of aromatic nitrogens is 2. The number of imidazole rings is 1. The molecule has 2 aromatic carbocycles. The molecule has 0 radical (unpaired) electrons. The Morgan fingerprint density at radius 2 is 2.10 bits per heavy atom. The molecule has 3 rings (SSSR count). The molecule has 0 saturated heterocycles. The topological polar surface area (TPSA) is 41.6 Å². The van der Waals surface area contributed by atoms with E-state index in [0.29, 0.717) is 10.6 Å². The number of hydrogen-bond acceptors (Lipinski definition) is 2. The van der Waals surface area contributed by atoms with Gasteiger partial charge in [-0.1, -0.05) is 30.7 Å². The van der Waals surface area contributed by atoms with Crippen molar-refractivity contribution in [3.8, 4) is 17.5 Å². The van der Waals surface area contributed by atoms with E-state index in [2.05, 4.69) is 17.6 Å². The monoisotopic (exact) mass is 295 g/mol. The van der Waals surface area contributed by atoms with Crippen molar-refractivity contribution >= 4 is 22.6 Å². The number of halogens is 1. The molecule has 4 heteroatoms. The molecule has 0 fully saturated rings. The van der Waals surface area contributed by atoms with Crippen LogP contribution in [0.5, 0.6) is 0 Å². The molecule has 104 valence electrons. The van der Waals surface area contributed by atoms with Crippen molar-refractivity contribution in [2.45, 2.75) is 19.9 Å². The fourth-order valence-electron chi connectivity index (χ4n) is 2.50. The summed E-state index contributed by atoms with van der Waals surface area (Å²) in [5, 5.41) is 9.72. The molecule has 0 aliphatic heterocycles. The molecule has 0 aliphatic carbocycles. The Labute approximate surface area is 128 Å². The first-order valence-electron chi connectivity index (χ1n) is 6.89. The molecule has 0 saturated carbocycles. The van der Waals surface area contributed by atoms with Crippen LogP contribution in [0.15, 0.2) is 42.5 Å². The van der Waals surface area contributed by atoms with Gasteiger partial charge in [-0.2, -0.15) is 5.26 Å². The summed E-state index contributed by atoms with van der Waals surface area (Å²) in [5.74, 6) is 0.893. The highest BCUT2D eigenvalue weighted by atomic mass is 35.5. The van der Waals surface area contributed by atoms with Crippen LogP contribution in [-0.2, 0) is 6.54 Å². The van der Waals surface area contributed by atoms with Gasteiger partial charge in [-0.3, -0.25) is 0 Å². The van der Waals surface area contributed by atoms with Gasteiger partial charge in [0.2, 0.25) is 0 Å². The number of nitriles is 1. The third-order valence-electron chi connectivity index (χ3n) is 3.41. The lowest BCUT2D eigenvalue weighted by Crippen LogP contribution is -1.99. The minimum atomic E-state index is 0.626. The van der Waals surface area contributed by atoms with E-state index in [1.54, 1.807) is 0 Å². The summed E-state index contributed by atoms with van der Waals surface area (Å²) in [6, 6.07) is 15.5. The molecule has 3 aromatic rings. The fourth-order valence-corrected chi connectivity index (χ4v) is 2.69. The largest absolute Gasteiger partial charge is 0.324 e. The average Bonchev–Trinajstić information content (AvgIpc) is 2.85. The zero-order chi connectivity index (χ0) is 14.8. The molecular weight excluding hydrogens is 282 g/mol. The molecular formula is C17H14ClN3. The normalized spacial score (nSPS) is 10.7. The Kier molecular flexibility index (Phi) is 3.64.